The number of carbonyl (C=O) groups excluding carboxylic acids is 3. The molecule has 0 spiro atoms. The molecule has 260 valence electrons. The molecule has 0 saturated heterocycles. The highest BCUT2D eigenvalue weighted by molar-refractivity contribution is 6.19. The number of likely N-dealkylation sites (N-methyl/N-ethyl adjacent to an activating group) is 2. The van der Waals surface area contributed by atoms with Crippen LogP contribution in [0.5, 0.6) is 11.5 Å². The molecule has 3 amide bonds. The molecule has 0 radical (unpaired) electrons. The maximum Gasteiger partial charge on any atom is 0.415 e. The Morgan fingerprint density at radius 1 is 0.880 bits per heavy atom. The van der Waals surface area contributed by atoms with Crippen LogP contribution in [0.25, 0.3) is 32.8 Å². The molecular weight excluding hydrogens is 656 g/mol. The van der Waals surface area contributed by atoms with Crippen LogP contribution in [0.4, 0.5) is 15.3 Å². The minimum atomic E-state index is -0.606. The maximum absolute atomic E-state index is 14.1. The third-order valence-corrected chi connectivity index (χ3v) is 9.19. The van der Waals surface area contributed by atoms with Gasteiger partial charge in [0.15, 0.2) is 0 Å². The Hall–Kier alpha value is -5.22. The van der Waals surface area contributed by atoms with Crippen LogP contribution >= 0.6 is 11.6 Å². The van der Waals surface area contributed by atoms with Crippen molar-refractivity contribution >= 4 is 57.1 Å². The van der Waals surface area contributed by atoms with E-state index in [4.69, 9.17) is 25.8 Å². The predicted octanol–water partition coefficient (Wildman–Crippen LogP) is 8.28. The van der Waals surface area contributed by atoms with E-state index in [2.05, 4.69) is 23.2 Å². The van der Waals surface area contributed by atoms with Gasteiger partial charge in [0.25, 0.3) is 5.91 Å². The maximum atomic E-state index is 14.1. The number of alkyl halides is 1. The van der Waals surface area contributed by atoms with Crippen LogP contribution in [0.15, 0.2) is 78.9 Å². The molecule has 6 rings (SSSR count). The normalized spacial score (nSPS) is 14.1. The van der Waals surface area contributed by atoms with Gasteiger partial charge in [-0.05, 0) is 90.7 Å². The van der Waals surface area contributed by atoms with Crippen molar-refractivity contribution in [3.8, 4) is 22.6 Å². The van der Waals surface area contributed by atoms with Crippen LogP contribution in [0.2, 0.25) is 0 Å². The van der Waals surface area contributed by atoms with Crippen LogP contribution in [-0.4, -0.2) is 85.2 Å². The SMILES string of the molecule is COc1ccc2[nH]c(C(=O)N3CC(CCl)c4c3cc(-c3ccc(OC(=O)N(C)CCN(C)C(=O)OC(C)(C)C)cc3)c3ccccc43)cc2c1. The molecule has 0 bridgehead atoms. The molecule has 1 N–H and O–H groups in total. The van der Waals surface area contributed by atoms with Crippen molar-refractivity contribution in [2.75, 3.05) is 51.6 Å². The number of amides is 3. The lowest BCUT2D eigenvalue weighted by Crippen LogP contribution is -2.40. The number of H-pyrrole nitrogens is 1. The molecule has 2 heterocycles. The summed E-state index contributed by atoms with van der Waals surface area (Å²) in [5, 5.41) is 2.96. The lowest BCUT2D eigenvalue weighted by Gasteiger charge is -2.26. The van der Waals surface area contributed by atoms with E-state index in [0.717, 1.165) is 49.8 Å². The fraction of sp³-hybridized carbons (Fsp3) is 0.308. The second kappa shape index (κ2) is 14.0. The number of fused-ring (bicyclic) bond motifs is 4. The number of carbonyl (C=O) groups is 3. The molecule has 0 saturated carbocycles. The van der Waals surface area contributed by atoms with Gasteiger partial charge in [-0.3, -0.25) is 4.79 Å². The van der Waals surface area contributed by atoms with E-state index in [9.17, 15) is 14.4 Å². The minimum Gasteiger partial charge on any atom is -0.497 e. The summed E-state index contributed by atoms with van der Waals surface area (Å²) in [4.78, 5) is 47.1. The van der Waals surface area contributed by atoms with Crippen LogP contribution in [0, 0.1) is 0 Å². The second-order valence-electron chi connectivity index (χ2n) is 13.5. The average Bonchev–Trinajstić information content (AvgIpc) is 3.70. The largest absolute Gasteiger partial charge is 0.497 e. The number of benzene rings is 4. The van der Waals surface area contributed by atoms with Crippen molar-refractivity contribution in [2.45, 2.75) is 32.3 Å². The van der Waals surface area contributed by atoms with Gasteiger partial charge in [0.1, 0.15) is 22.8 Å². The van der Waals surface area contributed by atoms with Crippen LogP contribution in [0.3, 0.4) is 0 Å². The fourth-order valence-electron chi connectivity index (χ4n) is 6.20. The molecule has 0 aliphatic carbocycles. The molecule has 5 aromatic rings. The standard InChI is InChI=1S/C39H41ClN4O6/c1-39(2,3)50-38(47)43(5)18-17-42(4)37(46)49-27-13-11-24(12-14-27)31-21-34-35(30-10-8-7-9-29(30)31)26(22-40)23-44(34)36(45)33-20-25-19-28(48-6)15-16-32(25)41-33/h7-16,19-21,26,41H,17-18,22-23H2,1-6H3. The number of nitrogens with one attached hydrogen (secondary N) is 1. The quantitative estimate of drug-likeness (QED) is 0.164. The predicted molar refractivity (Wildman–Crippen MR) is 197 cm³/mol. The number of anilines is 1. The molecule has 4 aromatic carbocycles. The summed E-state index contributed by atoms with van der Waals surface area (Å²) < 4.78 is 16.4. The Morgan fingerprint density at radius 3 is 2.20 bits per heavy atom. The lowest BCUT2D eigenvalue weighted by atomic mass is 9.90. The zero-order valence-corrected chi connectivity index (χ0v) is 29.8. The van der Waals surface area contributed by atoms with E-state index in [0.29, 0.717) is 23.9 Å². The summed E-state index contributed by atoms with van der Waals surface area (Å²) >= 11 is 6.53. The molecule has 1 aromatic heterocycles. The highest BCUT2D eigenvalue weighted by Crippen LogP contribution is 2.46. The van der Waals surface area contributed by atoms with Crippen LogP contribution in [0.1, 0.15) is 42.7 Å². The topological polar surface area (TPSA) is 104 Å². The fourth-order valence-corrected chi connectivity index (χ4v) is 6.46. The zero-order chi connectivity index (χ0) is 35.7. The third kappa shape index (κ3) is 7.07. The van der Waals surface area contributed by atoms with E-state index in [-0.39, 0.29) is 24.9 Å². The summed E-state index contributed by atoms with van der Waals surface area (Å²) in [7, 11) is 4.86. The van der Waals surface area contributed by atoms with E-state index < -0.39 is 17.8 Å². The van der Waals surface area contributed by atoms with Gasteiger partial charge in [0.2, 0.25) is 0 Å². The molecule has 1 aliphatic rings. The first-order chi connectivity index (χ1) is 23.9. The van der Waals surface area contributed by atoms with Crippen LogP contribution in [-0.2, 0) is 4.74 Å². The molecule has 11 heteroatoms. The van der Waals surface area contributed by atoms with Crippen molar-refractivity contribution in [1.82, 2.24) is 14.8 Å². The van der Waals surface area contributed by atoms with E-state index in [1.54, 1.807) is 54.1 Å². The highest BCUT2D eigenvalue weighted by Gasteiger charge is 2.35. The van der Waals surface area contributed by atoms with Gasteiger partial charge in [0.05, 0.1) is 7.11 Å². The monoisotopic (exact) mass is 696 g/mol. The summed E-state index contributed by atoms with van der Waals surface area (Å²) in [6, 6.07) is 25.0. The molecule has 1 aliphatic heterocycles. The third-order valence-electron chi connectivity index (χ3n) is 8.81. The average molecular weight is 697 g/mol. The van der Waals surface area contributed by atoms with Crippen molar-refractivity contribution < 1.29 is 28.6 Å². The Kier molecular flexibility index (Phi) is 9.67. The van der Waals surface area contributed by atoms with E-state index >= 15 is 0 Å². The summed E-state index contributed by atoms with van der Waals surface area (Å²) in [5.41, 5.74) is 4.43. The Morgan fingerprint density at radius 2 is 1.54 bits per heavy atom. The Bertz CT molecular complexity index is 2070. The van der Waals surface area contributed by atoms with Gasteiger partial charge in [0, 0.05) is 62.1 Å². The lowest BCUT2D eigenvalue weighted by molar-refractivity contribution is 0.0287. The van der Waals surface area contributed by atoms with Gasteiger partial charge in [-0.1, -0.05) is 36.4 Å². The van der Waals surface area contributed by atoms with Gasteiger partial charge >= 0.3 is 12.2 Å². The summed E-state index contributed by atoms with van der Waals surface area (Å²) in [5.74, 6) is 1.29. The Balaban J connectivity index is 1.24. The summed E-state index contributed by atoms with van der Waals surface area (Å²) in [6.45, 7) is 6.41. The molecule has 1 atom stereocenters. The number of rotatable bonds is 8. The Labute approximate surface area is 296 Å². The summed E-state index contributed by atoms with van der Waals surface area (Å²) in [6.07, 6.45) is -1.01. The van der Waals surface area contributed by atoms with Gasteiger partial charge in [-0.25, -0.2) is 9.59 Å². The number of methoxy groups -OCH3 is 1. The van der Waals surface area contributed by atoms with E-state index in [1.807, 2.05) is 53.4 Å². The number of hydrogen-bond acceptors (Lipinski definition) is 6. The van der Waals surface area contributed by atoms with Crippen molar-refractivity contribution in [3.63, 3.8) is 0 Å². The van der Waals surface area contributed by atoms with Gasteiger partial charge in [-0.2, -0.15) is 0 Å². The molecule has 1 unspecified atom stereocenters. The number of hydrogen-bond donors (Lipinski definition) is 1. The first-order valence-electron chi connectivity index (χ1n) is 16.4. The van der Waals surface area contributed by atoms with Crippen molar-refractivity contribution in [3.05, 3.63) is 90.1 Å². The zero-order valence-electron chi connectivity index (χ0n) is 29.1. The van der Waals surface area contributed by atoms with Gasteiger partial charge < -0.3 is 33.9 Å². The molecular formula is C39H41ClN4O6. The number of halogens is 1. The van der Waals surface area contributed by atoms with Crippen molar-refractivity contribution in [2.24, 2.45) is 0 Å². The first-order valence-corrected chi connectivity index (χ1v) is 17.0. The number of ether oxygens (including phenoxy) is 3. The molecule has 50 heavy (non-hydrogen) atoms. The molecule has 0 fully saturated rings. The smallest absolute Gasteiger partial charge is 0.415 e. The molecule has 10 nitrogen and oxygen atoms in total. The minimum absolute atomic E-state index is 0.0401. The van der Waals surface area contributed by atoms with Gasteiger partial charge in [-0.15, -0.1) is 11.6 Å². The first kappa shape index (κ1) is 34.6. The number of aromatic amines is 1. The number of nitrogens with zero attached hydrogens (tertiary/aromatic N) is 3. The van der Waals surface area contributed by atoms with E-state index in [1.165, 1.54) is 9.80 Å². The number of aromatic nitrogens is 1. The second-order valence-corrected chi connectivity index (χ2v) is 13.8. The van der Waals surface area contributed by atoms with Crippen LogP contribution < -0.4 is 14.4 Å². The highest BCUT2D eigenvalue weighted by atomic mass is 35.5. The van der Waals surface area contributed by atoms with Crippen molar-refractivity contribution in [1.29, 1.82) is 0 Å².